The van der Waals surface area contributed by atoms with Gasteiger partial charge in [0.2, 0.25) is 10.0 Å². The first-order valence-corrected chi connectivity index (χ1v) is 12.2. The van der Waals surface area contributed by atoms with Gasteiger partial charge in [0.15, 0.2) is 0 Å². The van der Waals surface area contributed by atoms with Crippen LogP contribution in [0, 0.1) is 0 Å². The second kappa shape index (κ2) is 10.0. The van der Waals surface area contributed by atoms with E-state index in [0.29, 0.717) is 17.1 Å². The van der Waals surface area contributed by atoms with Crippen LogP contribution in [-0.4, -0.2) is 53.8 Å². The standard InChI is InChI=1S/C24H21N3O7S/c28-22-19-3-1-2-4-20(19)23(29)27(22)14-11-21(24(30)31)26-35(32,33)15-16-5-7-17(8-6-16)34-18-9-12-25-13-10-18/h1-10,12-13,21,26H,11,14-15H2,(H,30,31). The maximum atomic E-state index is 12.6. The lowest BCUT2D eigenvalue weighted by Crippen LogP contribution is -2.44. The summed E-state index contributed by atoms with van der Waals surface area (Å²) in [4.78, 5) is 41.5. The maximum absolute atomic E-state index is 12.6. The fraction of sp³-hybridized carbons (Fsp3) is 0.167. The van der Waals surface area contributed by atoms with Crippen molar-refractivity contribution in [2.75, 3.05) is 6.54 Å². The minimum atomic E-state index is -4.05. The third-order valence-corrected chi connectivity index (χ3v) is 6.66. The Morgan fingerprint density at radius 1 is 0.943 bits per heavy atom. The average molecular weight is 496 g/mol. The molecule has 0 saturated carbocycles. The topological polar surface area (TPSA) is 143 Å². The molecule has 1 aliphatic rings. The molecule has 3 aromatic rings. The molecule has 180 valence electrons. The number of aliphatic carboxylic acids is 1. The number of pyridine rings is 1. The Hall–Kier alpha value is -4.09. The Kier molecular flexibility index (Phi) is 6.90. The lowest BCUT2D eigenvalue weighted by Gasteiger charge is -2.19. The number of amides is 2. The van der Waals surface area contributed by atoms with Crippen LogP contribution >= 0.6 is 0 Å². The Morgan fingerprint density at radius 2 is 1.51 bits per heavy atom. The molecule has 10 nitrogen and oxygen atoms in total. The van der Waals surface area contributed by atoms with Gasteiger partial charge in [-0.2, -0.15) is 0 Å². The van der Waals surface area contributed by atoms with Gasteiger partial charge in [0, 0.05) is 18.9 Å². The smallest absolute Gasteiger partial charge is 0.321 e. The number of hydrogen-bond donors (Lipinski definition) is 2. The van der Waals surface area contributed by atoms with Crippen molar-refractivity contribution in [1.29, 1.82) is 0 Å². The van der Waals surface area contributed by atoms with Gasteiger partial charge < -0.3 is 9.84 Å². The third kappa shape index (κ3) is 5.70. The largest absolute Gasteiger partial charge is 0.480 e. The van der Waals surface area contributed by atoms with Gasteiger partial charge in [0.25, 0.3) is 11.8 Å². The van der Waals surface area contributed by atoms with Gasteiger partial charge in [0.05, 0.1) is 16.9 Å². The SMILES string of the molecule is O=C(O)C(CCN1C(=O)c2ccccc2C1=O)NS(=O)(=O)Cc1ccc(Oc2ccncc2)cc1. The molecule has 2 aromatic carbocycles. The number of ether oxygens (including phenoxy) is 1. The molecule has 0 bridgehead atoms. The van der Waals surface area contributed by atoms with E-state index >= 15 is 0 Å². The highest BCUT2D eigenvalue weighted by atomic mass is 32.2. The predicted octanol–water partition coefficient (Wildman–Crippen LogP) is 2.43. The van der Waals surface area contributed by atoms with E-state index in [0.717, 1.165) is 4.90 Å². The van der Waals surface area contributed by atoms with E-state index in [1.807, 2.05) is 0 Å². The minimum Gasteiger partial charge on any atom is -0.480 e. The van der Waals surface area contributed by atoms with Crippen LogP contribution in [0.25, 0.3) is 0 Å². The van der Waals surface area contributed by atoms with Crippen molar-refractivity contribution < 1.29 is 32.6 Å². The van der Waals surface area contributed by atoms with Gasteiger partial charge in [-0.15, -0.1) is 0 Å². The number of nitrogens with zero attached hydrogens (tertiary/aromatic N) is 2. The normalized spacial score (nSPS) is 14.0. The zero-order valence-electron chi connectivity index (χ0n) is 18.3. The number of benzene rings is 2. The molecule has 4 rings (SSSR count). The van der Waals surface area contributed by atoms with Crippen LogP contribution in [0.1, 0.15) is 32.7 Å². The maximum Gasteiger partial charge on any atom is 0.321 e. The zero-order valence-corrected chi connectivity index (χ0v) is 19.1. The van der Waals surface area contributed by atoms with Crippen molar-refractivity contribution in [2.45, 2.75) is 18.2 Å². The van der Waals surface area contributed by atoms with E-state index < -0.39 is 39.6 Å². The van der Waals surface area contributed by atoms with E-state index in [1.54, 1.807) is 60.9 Å². The number of aromatic nitrogens is 1. The molecular formula is C24H21N3O7S. The van der Waals surface area contributed by atoms with Crippen LogP contribution < -0.4 is 9.46 Å². The third-order valence-electron chi connectivity index (χ3n) is 5.30. The predicted molar refractivity (Wildman–Crippen MR) is 124 cm³/mol. The van der Waals surface area contributed by atoms with Gasteiger partial charge in [-0.25, -0.2) is 13.1 Å². The monoisotopic (exact) mass is 495 g/mol. The molecule has 0 spiro atoms. The minimum absolute atomic E-state index is 0.237. The van der Waals surface area contributed by atoms with Crippen molar-refractivity contribution in [2.24, 2.45) is 0 Å². The summed E-state index contributed by atoms with van der Waals surface area (Å²) in [5.74, 6) is -1.87. The molecule has 2 amide bonds. The number of carbonyl (C=O) groups is 3. The van der Waals surface area contributed by atoms with E-state index in [4.69, 9.17) is 4.74 Å². The number of fused-ring (bicyclic) bond motifs is 1. The molecule has 0 fully saturated rings. The Morgan fingerprint density at radius 3 is 2.09 bits per heavy atom. The highest BCUT2D eigenvalue weighted by Gasteiger charge is 2.36. The lowest BCUT2D eigenvalue weighted by atomic mass is 10.1. The lowest BCUT2D eigenvalue weighted by molar-refractivity contribution is -0.139. The van der Waals surface area contributed by atoms with Gasteiger partial charge in [-0.1, -0.05) is 24.3 Å². The molecule has 2 N–H and O–H groups in total. The Bertz CT molecular complexity index is 1320. The quantitative estimate of drug-likeness (QED) is 0.408. The molecule has 0 radical (unpaired) electrons. The fourth-order valence-corrected chi connectivity index (χ4v) is 4.97. The van der Waals surface area contributed by atoms with Crippen molar-refractivity contribution in [1.82, 2.24) is 14.6 Å². The van der Waals surface area contributed by atoms with E-state index in [2.05, 4.69) is 9.71 Å². The summed E-state index contributed by atoms with van der Waals surface area (Å²) in [5.41, 5.74) is 0.895. The number of carboxylic acid groups (broad SMARTS) is 1. The van der Waals surface area contributed by atoms with E-state index in [-0.39, 0.29) is 24.1 Å². The number of hydrogen-bond acceptors (Lipinski definition) is 7. The van der Waals surface area contributed by atoms with Gasteiger partial charge in [-0.3, -0.25) is 24.3 Å². The molecule has 1 atom stereocenters. The molecule has 0 aliphatic carbocycles. The zero-order chi connectivity index (χ0) is 25.0. The first-order valence-electron chi connectivity index (χ1n) is 10.6. The number of sulfonamides is 1. The first kappa shape index (κ1) is 24.0. The summed E-state index contributed by atoms with van der Waals surface area (Å²) in [5, 5.41) is 9.52. The van der Waals surface area contributed by atoms with Gasteiger partial charge in [-0.05, 0) is 48.4 Å². The van der Waals surface area contributed by atoms with Crippen molar-refractivity contribution >= 4 is 27.8 Å². The number of imide groups is 1. The summed E-state index contributed by atoms with van der Waals surface area (Å²) in [7, 11) is -4.05. The van der Waals surface area contributed by atoms with E-state index in [1.165, 1.54) is 12.1 Å². The Labute approximate surface area is 201 Å². The highest BCUT2D eigenvalue weighted by Crippen LogP contribution is 2.23. The molecule has 0 saturated heterocycles. The summed E-state index contributed by atoms with van der Waals surface area (Å²) < 4.78 is 33.1. The molecule has 2 heterocycles. The summed E-state index contributed by atoms with van der Waals surface area (Å²) >= 11 is 0. The number of carboxylic acids is 1. The number of nitrogens with one attached hydrogen (secondary N) is 1. The molecule has 1 aliphatic heterocycles. The van der Waals surface area contributed by atoms with Crippen molar-refractivity contribution in [3.05, 3.63) is 89.7 Å². The molecule has 11 heteroatoms. The van der Waals surface area contributed by atoms with Crippen LogP contribution in [0.5, 0.6) is 11.5 Å². The number of rotatable bonds is 10. The Balaban J connectivity index is 1.36. The van der Waals surface area contributed by atoms with Gasteiger partial charge in [0.1, 0.15) is 17.5 Å². The average Bonchev–Trinajstić information content (AvgIpc) is 3.08. The van der Waals surface area contributed by atoms with Gasteiger partial charge >= 0.3 is 5.97 Å². The summed E-state index contributed by atoms with van der Waals surface area (Å²) in [6, 6.07) is 14.4. The molecule has 1 aromatic heterocycles. The van der Waals surface area contributed by atoms with Crippen LogP contribution in [0.15, 0.2) is 73.1 Å². The van der Waals surface area contributed by atoms with Crippen molar-refractivity contribution in [3.63, 3.8) is 0 Å². The van der Waals surface area contributed by atoms with Crippen molar-refractivity contribution in [3.8, 4) is 11.5 Å². The highest BCUT2D eigenvalue weighted by molar-refractivity contribution is 7.88. The fourth-order valence-electron chi connectivity index (χ4n) is 3.61. The second-order valence-electron chi connectivity index (χ2n) is 7.79. The van der Waals surface area contributed by atoms with Crippen LogP contribution in [-0.2, 0) is 20.6 Å². The van der Waals surface area contributed by atoms with E-state index in [9.17, 15) is 27.9 Å². The van der Waals surface area contributed by atoms with Crippen LogP contribution in [0.2, 0.25) is 0 Å². The molecular weight excluding hydrogens is 474 g/mol. The summed E-state index contributed by atoms with van der Waals surface area (Å²) in [6.07, 6.45) is 2.88. The van der Waals surface area contributed by atoms with Crippen LogP contribution in [0.3, 0.4) is 0 Å². The van der Waals surface area contributed by atoms with Crippen LogP contribution in [0.4, 0.5) is 0 Å². The second-order valence-corrected chi connectivity index (χ2v) is 9.55. The first-order chi connectivity index (χ1) is 16.7. The molecule has 1 unspecified atom stereocenters. The molecule has 35 heavy (non-hydrogen) atoms. The summed E-state index contributed by atoms with van der Waals surface area (Å²) in [6.45, 7) is -0.243. The number of carbonyl (C=O) groups excluding carboxylic acids is 2.